The Hall–Kier alpha value is -2.36. The number of benzene rings is 1. The molecule has 0 aliphatic carbocycles. The van der Waals surface area contributed by atoms with E-state index < -0.39 is 0 Å². The Kier molecular flexibility index (Phi) is 7.40. The van der Waals surface area contributed by atoms with E-state index in [2.05, 4.69) is 23.7 Å². The molecule has 0 fully saturated rings. The van der Waals surface area contributed by atoms with Crippen LogP contribution in [0.15, 0.2) is 29.1 Å². The van der Waals surface area contributed by atoms with Crippen molar-refractivity contribution in [3.05, 3.63) is 62.6 Å². The number of rotatable bonds is 8. The molecule has 0 saturated carbocycles. The third kappa shape index (κ3) is 4.88. The molecule has 27 heavy (non-hydrogen) atoms. The van der Waals surface area contributed by atoms with Gasteiger partial charge < -0.3 is 9.88 Å². The molecule has 0 unspecified atom stereocenters. The lowest BCUT2D eigenvalue weighted by atomic mass is 10.0. The van der Waals surface area contributed by atoms with E-state index in [1.807, 2.05) is 39.0 Å². The van der Waals surface area contributed by atoms with Crippen LogP contribution in [-0.2, 0) is 13.0 Å². The summed E-state index contributed by atoms with van der Waals surface area (Å²) in [5.74, 6) is -0.316. The number of nitrogens with zero attached hydrogens (tertiary/aromatic N) is 1. The summed E-state index contributed by atoms with van der Waals surface area (Å²) < 4.78 is 2.10. The summed E-state index contributed by atoms with van der Waals surface area (Å²) in [6, 6.07) is 7.56. The average molecular weight is 369 g/mol. The van der Waals surface area contributed by atoms with Crippen molar-refractivity contribution < 1.29 is 4.79 Å². The molecule has 0 radical (unpaired) electrons. The molecule has 1 aromatic heterocycles. The minimum atomic E-state index is -0.316. The van der Waals surface area contributed by atoms with Gasteiger partial charge in [0.05, 0.1) is 0 Å². The summed E-state index contributed by atoms with van der Waals surface area (Å²) in [4.78, 5) is 25.6. The largest absolute Gasteiger partial charge is 0.348 e. The summed E-state index contributed by atoms with van der Waals surface area (Å²) in [6.07, 6.45) is 5.43. The molecule has 146 valence electrons. The molecule has 0 bridgehead atoms. The molecular formula is C23H32N2O2. The number of aromatic nitrogens is 1. The van der Waals surface area contributed by atoms with Gasteiger partial charge in [0.2, 0.25) is 0 Å². The van der Waals surface area contributed by atoms with Crippen molar-refractivity contribution in [2.75, 3.05) is 5.32 Å². The smallest absolute Gasteiger partial charge is 0.261 e. The van der Waals surface area contributed by atoms with Crippen molar-refractivity contribution in [1.82, 2.24) is 4.57 Å². The molecule has 0 spiro atoms. The lowest BCUT2D eigenvalue weighted by molar-refractivity contribution is 0.102. The molecule has 0 atom stereocenters. The van der Waals surface area contributed by atoms with Gasteiger partial charge in [0, 0.05) is 29.7 Å². The van der Waals surface area contributed by atoms with Crippen molar-refractivity contribution in [2.24, 2.45) is 0 Å². The van der Waals surface area contributed by atoms with Gasteiger partial charge in [0.15, 0.2) is 5.43 Å². The van der Waals surface area contributed by atoms with E-state index in [4.69, 9.17) is 0 Å². The first kappa shape index (κ1) is 20.9. The number of unbranched alkanes of at least 4 members (excludes halogenated alkanes) is 3. The zero-order valence-corrected chi connectivity index (χ0v) is 17.3. The van der Waals surface area contributed by atoms with Gasteiger partial charge in [-0.25, -0.2) is 0 Å². The highest BCUT2D eigenvalue weighted by Crippen LogP contribution is 2.22. The van der Waals surface area contributed by atoms with Crippen LogP contribution in [0.2, 0.25) is 0 Å². The second-order valence-electron chi connectivity index (χ2n) is 7.24. The first-order chi connectivity index (χ1) is 12.9. The van der Waals surface area contributed by atoms with Crippen LogP contribution < -0.4 is 10.7 Å². The van der Waals surface area contributed by atoms with Gasteiger partial charge in [0.1, 0.15) is 5.56 Å². The first-order valence-corrected chi connectivity index (χ1v) is 10.0. The van der Waals surface area contributed by atoms with Crippen molar-refractivity contribution in [2.45, 2.75) is 73.3 Å². The molecule has 1 heterocycles. The van der Waals surface area contributed by atoms with E-state index >= 15 is 0 Å². The predicted octanol–water partition coefficient (Wildman–Crippen LogP) is 5.17. The summed E-state index contributed by atoms with van der Waals surface area (Å²) in [6.45, 7) is 10.9. The molecule has 0 aliphatic heterocycles. The quantitative estimate of drug-likeness (QED) is 0.654. The molecule has 1 N–H and O–H groups in total. The standard InChI is InChI=1S/C23H32N2O2/c1-6-8-9-10-14-25-17(4)15-20(26)21(18(25)5)23(27)24-22-16(3)12-11-13-19(22)7-2/h11-13,15H,6-10,14H2,1-5H3,(H,24,27). The lowest BCUT2D eigenvalue weighted by Gasteiger charge is -2.18. The van der Waals surface area contributed by atoms with Crippen LogP contribution in [0.4, 0.5) is 5.69 Å². The van der Waals surface area contributed by atoms with Crippen molar-refractivity contribution in [3.8, 4) is 0 Å². The number of hydrogen-bond acceptors (Lipinski definition) is 2. The Morgan fingerprint density at radius 2 is 1.81 bits per heavy atom. The number of carbonyl (C=O) groups excluding carboxylic acids is 1. The summed E-state index contributed by atoms with van der Waals surface area (Å²) in [7, 11) is 0. The summed E-state index contributed by atoms with van der Waals surface area (Å²) in [5.41, 5.74) is 4.61. The van der Waals surface area contributed by atoms with E-state index in [0.29, 0.717) is 0 Å². The maximum Gasteiger partial charge on any atom is 0.261 e. The number of para-hydroxylation sites is 1. The zero-order valence-electron chi connectivity index (χ0n) is 17.3. The minimum Gasteiger partial charge on any atom is -0.348 e. The second kappa shape index (κ2) is 9.54. The summed E-state index contributed by atoms with van der Waals surface area (Å²) in [5, 5.41) is 3.00. The van der Waals surface area contributed by atoms with E-state index in [9.17, 15) is 9.59 Å². The average Bonchev–Trinajstić information content (AvgIpc) is 2.62. The van der Waals surface area contributed by atoms with Crippen LogP contribution in [0.3, 0.4) is 0 Å². The van der Waals surface area contributed by atoms with Gasteiger partial charge in [-0.1, -0.05) is 51.3 Å². The van der Waals surface area contributed by atoms with E-state index in [1.54, 1.807) is 6.07 Å². The third-order valence-corrected chi connectivity index (χ3v) is 5.22. The molecule has 1 aromatic carbocycles. The fourth-order valence-corrected chi connectivity index (χ4v) is 3.61. The molecule has 4 heteroatoms. The zero-order chi connectivity index (χ0) is 20.0. The van der Waals surface area contributed by atoms with Crippen LogP contribution in [0, 0.1) is 20.8 Å². The number of pyridine rings is 1. The monoisotopic (exact) mass is 368 g/mol. The molecule has 2 aromatic rings. The fourth-order valence-electron chi connectivity index (χ4n) is 3.61. The topological polar surface area (TPSA) is 51.1 Å². The van der Waals surface area contributed by atoms with Crippen LogP contribution in [0.1, 0.15) is 72.4 Å². The van der Waals surface area contributed by atoms with Crippen LogP contribution in [-0.4, -0.2) is 10.5 Å². The van der Waals surface area contributed by atoms with Crippen LogP contribution in [0.5, 0.6) is 0 Å². The van der Waals surface area contributed by atoms with Crippen molar-refractivity contribution in [1.29, 1.82) is 0 Å². The highest BCUT2D eigenvalue weighted by atomic mass is 16.2. The highest BCUT2D eigenvalue weighted by Gasteiger charge is 2.19. The number of aryl methyl sites for hydroxylation is 3. The van der Waals surface area contributed by atoms with E-state index in [-0.39, 0.29) is 16.9 Å². The van der Waals surface area contributed by atoms with Gasteiger partial charge in [0.25, 0.3) is 5.91 Å². The number of anilines is 1. The van der Waals surface area contributed by atoms with Crippen LogP contribution >= 0.6 is 0 Å². The molecule has 2 rings (SSSR count). The maximum atomic E-state index is 13.0. The molecule has 1 amide bonds. The number of carbonyl (C=O) groups is 1. The molecule has 0 saturated heterocycles. The van der Waals surface area contributed by atoms with Gasteiger partial charge in [-0.3, -0.25) is 9.59 Å². The van der Waals surface area contributed by atoms with Gasteiger partial charge in [-0.15, -0.1) is 0 Å². The second-order valence-corrected chi connectivity index (χ2v) is 7.24. The van der Waals surface area contributed by atoms with E-state index in [1.165, 1.54) is 12.8 Å². The molecular weight excluding hydrogens is 336 g/mol. The minimum absolute atomic E-state index is 0.209. The number of amides is 1. The Balaban J connectivity index is 2.35. The Labute approximate surface area is 162 Å². The Bertz CT molecular complexity index is 865. The van der Waals surface area contributed by atoms with Crippen molar-refractivity contribution in [3.63, 3.8) is 0 Å². The van der Waals surface area contributed by atoms with E-state index in [0.717, 1.165) is 54.0 Å². The van der Waals surface area contributed by atoms with Gasteiger partial charge in [-0.2, -0.15) is 0 Å². The number of nitrogens with one attached hydrogen (secondary N) is 1. The summed E-state index contributed by atoms with van der Waals surface area (Å²) >= 11 is 0. The highest BCUT2D eigenvalue weighted by molar-refractivity contribution is 6.05. The lowest BCUT2D eigenvalue weighted by Crippen LogP contribution is -2.27. The fraction of sp³-hybridized carbons (Fsp3) is 0.478. The Morgan fingerprint density at radius 1 is 1.07 bits per heavy atom. The first-order valence-electron chi connectivity index (χ1n) is 10.0. The third-order valence-electron chi connectivity index (χ3n) is 5.22. The molecule has 4 nitrogen and oxygen atoms in total. The number of hydrogen-bond donors (Lipinski definition) is 1. The maximum absolute atomic E-state index is 13.0. The van der Waals surface area contributed by atoms with Gasteiger partial charge >= 0.3 is 0 Å². The molecule has 0 aliphatic rings. The normalized spacial score (nSPS) is 10.9. The van der Waals surface area contributed by atoms with Gasteiger partial charge in [-0.05, 0) is 44.7 Å². The predicted molar refractivity (Wildman–Crippen MR) is 113 cm³/mol. The Morgan fingerprint density at radius 3 is 2.48 bits per heavy atom. The van der Waals surface area contributed by atoms with Crippen LogP contribution in [0.25, 0.3) is 0 Å². The SMILES string of the molecule is CCCCCCn1c(C)cc(=O)c(C(=O)Nc2c(C)cccc2CC)c1C. The van der Waals surface area contributed by atoms with Crippen molar-refractivity contribution >= 4 is 11.6 Å².